The Balaban J connectivity index is 1.87. The van der Waals surface area contributed by atoms with Crippen molar-refractivity contribution in [2.45, 2.75) is 44.2 Å². The summed E-state index contributed by atoms with van der Waals surface area (Å²) in [5, 5.41) is 0. The van der Waals surface area contributed by atoms with Crippen LogP contribution < -0.4 is 0 Å². The molecule has 4 atom stereocenters. The minimum Gasteiger partial charge on any atom is -0.469 e. The monoisotopic (exact) mass is 347 g/mol. The van der Waals surface area contributed by atoms with Gasteiger partial charge in [0.15, 0.2) is 0 Å². The number of piperidine rings is 1. The molecule has 1 aromatic carbocycles. The molecule has 2 heterocycles. The topological polar surface area (TPSA) is 29.5 Å². The molecule has 0 N–H and O–H groups in total. The Hall–Kier alpha value is -1.32. The van der Waals surface area contributed by atoms with Gasteiger partial charge in [0.1, 0.15) is 0 Å². The van der Waals surface area contributed by atoms with Gasteiger partial charge in [0.25, 0.3) is 0 Å². The van der Waals surface area contributed by atoms with Gasteiger partial charge in [-0.1, -0.05) is 42.0 Å². The second kappa shape index (κ2) is 7.71. The van der Waals surface area contributed by atoms with Crippen LogP contribution in [0.4, 0.5) is 0 Å². The number of methoxy groups -OCH3 is 1. The number of alkyl halides is 1. The summed E-state index contributed by atoms with van der Waals surface area (Å²) in [5.74, 6) is 0.636. The maximum absolute atomic E-state index is 12.6. The number of esters is 1. The van der Waals surface area contributed by atoms with Crippen LogP contribution in [0, 0.1) is 12.8 Å². The molecule has 0 aliphatic carbocycles. The van der Waals surface area contributed by atoms with Gasteiger partial charge in [0.2, 0.25) is 0 Å². The zero-order valence-electron chi connectivity index (χ0n) is 14.5. The number of carbonyl (C=O) groups is 1. The summed E-state index contributed by atoms with van der Waals surface area (Å²) in [5.41, 5.74) is 2.52. The second-order valence-electron chi connectivity index (χ2n) is 6.92. The van der Waals surface area contributed by atoms with E-state index in [9.17, 15) is 4.79 Å². The number of rotatable bonds is 5. The number of hydrogen-bond acceptors (Lipinski definition) is 3. The van der Waals surface area contributed by atoms with Gasteiger partial charge >= 0.3 is 5.97 Å². The van der Waals surface area contributed by atoms with Gasteiger partial charge in [-0.25, -0.2) is 0 Å². The fourth-order valence-electron chi connectivity index (χ4n) is 4.47. The number of halogens is 1. The van der Waals surface area contributed by atoms with E-state index in [4.69, 9.17) is 16.3 Å². The summed E-state index contributed by atoms with van der Waals surface area (Å²) in [4.78, 5) is 15.1. The van der Waals surface area contributed by atoms with E-state index in [-0.39, 0.29) is 23.8 Å². The van der Waals surface area contributed by atoms with Crippen LogP contribution in [0.25, 0.3) is 0 Å². The zero-order valence-corrected chi connectivity index (χ0v) is 15.2. The van der Waals surface area contributed by atoms with Crippen LogP contribution in [-0.4, -0.2) is 42.5 Å². The van der Waals surface area contributed by atoms with E-state index in [1.54, 1.807) is 0 Å². The molecule has 2 saturated heterocycles. The van der Waals surface area contributed by atoms with Crippen molar-refractivity contribution in [2.24, 2.45) is 5.92 Å². The third-order valence-electron chi connectivity index (χ3n) is 5.62. The summed E-state index contributed by atoms with van der Waals surface area (Å²) in [6.45, 7) is 2.97. The molecule has 2 bridgehead atoms. The lowest BCUT2D eigenvalue weighted by molar-refractivity contribution is -0.150. The molecule has 0 amide bonds. The van der Waals surface area contributed by atoms with Crippen LogP contribution in [0.1, 0.15) is 36.3 Å². The van der Waals surface area contributed by atoms with Gasteiger partial charge in [-0.2, -0.15) is 0 Å². The number of hydrogen-bond donors (Lipinski definition) is 0. The van der Waals surface area contributed by atoms with Gasteiger partial charge in [-0.05, 0) is 31.7 Å². The number of carbonyl (C=O) groups excluding carboxylic acids is 1. The molecular weight excluding hydrogens is 322 g/mol. The maximum Gasteiger partial charge on any atom is 0.310 e. The van der Waals surface area contributed by atoms with Crippen LogP contribution in [0.5, 0.6) is 0 Å². The highest BCUT2D eigenvalue weighted by molar-refractivity contribution is 6.18. The summed E-state index contributed by atoms with van der Waals surface area (Å²) in [7, 11) is 1.51. The third-order valence-corrected chi connectivity index (χ3v) is 5.79. The van der Waals surface area contributed by atoms with Gasteiger partial charge in [-0.15, -0.1) is 11.6 Å². The van der Waals surface area contributed by atoms with Crippen LogP contribution in [0.15, 0.2) is 36.4 Å². The van der Waals surface area contributed by atoms with Crippen molar-refractivity contribution in [3.05, 3.63) is 47.5 Å². The number of ether oxygens (including phenoxy) is 1. The summed E-state index contributed by atoms with van der Waals surface area (Å²) < 4.78 is 5.19. The van der Waals surface area contributed by atoms with Gasteiger partial charge in [-0.3, -0.25) is 9.69 Å². The average Bonchev–Trinajstić information content (AvgIpc) is 2.87. The first-order valence-corrected chi connectivity index (χ1v) is 9.30. The average molecular weight is 348 g/mol. The molecule has 4 heteroatoms. The molecule has 3 nitrogen and oxygen atoms in total. The number of aryl methyl sites for hydroxylation is 1. The summed E-state index contributed by atoms with van der Waals surface area (Å²) in [6.07, 6.45) is 7.36. The Kier molecular flexibility index (Phi) is 5.62. The van der Waals surface area contributed by atoms with Gasteiger partial charge in [0.05, 0.1) is 13.0 Å². The van der Waals surface area contributed by atoms with E-state index in [1.807, 2.05) is 6.08 Å². The molecule has 0 spiro atoms. The van der Waals surface area contributed by atoms with Crippen LogP contribution in [0.3, 0.4) is 0 Å². The van der Waals surface area contributed by atoms with E-state index in [0.717, 1.165) is 25.8 Å². The standard InChI is InChI=1S/C20H26ClNO2/c1-14-5-7-15(8-6-14)17-13-16-9-10-18(19(17)20(23)24-2)22(16)12-4-3-11-21/h3-8,16-19H,9-13H2,1-2H3/b4-3+/t16-,17+,18+,19-/m0/s1. The van der Waals surface area contributed by atoms with Crippen molar-refractivity contribution >= 4 is 17.6 Å². The van der Waals surface area contributed by atoms with Crippen molar-refractivity contribution in [2.75, 3.05) is 19.5 Å². The first-order chi connectivity index (χ1) is 11.7. The SMILES string of the molecule is COC(=O)[C@H]1[C@@H](c2ccc(C)cc2)C[C@@H]2CC[C@H]1N2C/C=C/CCl. The van der Waals surface area contributed by atoms with Crippen LogP contribution in [0.2, 0.25) is 0 Å². The normalized spacial score (nSPS) is 30.0. The lowest BCUT2D eigenvalue weighted by Crippen LogP contribution is -2.50. The summed E-state index contributed by atoms with van der Waals surface area (Å²) >= 11 is 5.75. The minimum atomic E-state index is -0.0825. The zero-order chi connectivity index (χ0) is 17.1. The first kappa shape index (κ1) is 17.5. The number of nitrogens with zero attached hydrogens (tertiary/aromatic N) is 1. The lowest BCUT2D eigenvalue weighted by atomic mass is 9.76. The third kappa shape index (κ3) is 3.38. The van der Waals surface area contributed by atoms with E-state index < -0.39 is 0 Å². The van der Waals surface area contributed by atoms with E-state index in [1.165, 1.54) is 18.2 Å². The van der Waals surface area contributed by atoms with Crippen molar-refractivity contribution in [1.29, 1.82) is 0 Å². The molecule has 1 aromatic rings. The summed E-state index contributed by atoms with van der Waals surface area (Å²) in [6, 6.07) is 9.45. The van der Waals surface area contributed by atoms with E-state index >= 15 is 0 Å². The number of allylic oxidation sites excluding steroid dienone is 1. The second-order valence-corrected chi connectivity index (χ2v) is 7.23. The van der Waals surface area contributed by atoms with Crippen molar-refractivity contribution in [1.82, 2.24) is 4.90 Å². The molecule has 2 fully saturated rings. The van der Waals surface area contributed by atoms with Gasteiger partial charge in [0, 0.05) is 30.4 Å². The molecule has 130 valence electrons. The smallest absolute Gasteiger partial charge is 0.310 e. The number of fused-ring (bicyclic) bond motifs is 2. The Morgan fingerprint density at radius 2 is 2.04 bits per heavy atom. The molecule has 3 rings (SSSR count). The molecule has 0 saturated carbocycles. The quantitative estimate of drug-likeness (QED) is 0.459. The molecule has 0 aromatic heterocycles. The fraction of sp³-hybridized carbons (Fsp3) is 0.550. The predicted octanol–water partition coefficient (Wildman–Crippen LogP) is 3.90. The largest absolute Gasteiger partial charge is 0.469 e. The molecular formula is C20H26ClNO2. The Morgan fingerprint density at radius 1 is 1.29 bits per heavy atom. The first-order valence-electron chi connectivity index (χ1n) is 8.76. The molecule has 2 aliphatic heterocycles. The minimum absolute atomic E-state index is 0.0720. The predicted molar refractivity (Wildman–Crippen MR) is 97.4 cm³/mol. The van der Waals surface area contributed by atoms with E-state index in [2.05, 4.69) is 42.2 Å². The highest BCUT2D eigenvalue weighted by Gasteiger charge is 2.50. The van der Waals surface area contributed by atoms with Crippen LogP contribution >= 0.6 is 11.6 Å². The van der Waals surface area contributed by atoms with Gasteiger partial charge < -0.3 is 4.74 Å². The Bertz CT molecular complexity index is 598. The van der Waals surface area contributed by atoms with Crippen molar-refractivity contribution < 1.29 is 9.53 Å². The highest BCUT2D eigenvalue weighted by atomic mass is 35.5. The Morgan fingerprint density at radius 3 is 2.71 bits per heavy atom. The van der Waals surface area contributed by atoms with Crippen molar-refractivity contribution in [3.8, 4) is 0 Å². The van der Waals surface area contributed by atoms with E-state index in [0.29, 0.717) is 11.9 Å². The maximum atomic E-state index is 12.6. The Labute approximate surface area is 149 Å². The molecule has 0 radical (unpaired) electrons. The van der Waals surface area contributed by atoms with Crippen molar-refractivity contribution in [3.63, 3.8) is 0 Å². The lowest BCUT2D eigenvalue weighted by Gasteiger charge is -2.43. The molecule has 2 aliphatic rings. The number of benzene rings is 1. The van der Waals surface area contributed by atoms with Crippen LogP contribution in [-0.2, 0) is 9.53 Å². The molecule has 0 unspecified atom stereocenters. The molecule has 24 heavy (non-hydrogen) atoms. The highest BCUT2D eigenvalue weighted by Crippen LogP contribution is 2.47. The fourth-order valence-corrected chi connectivity index (χ4v) is 4.60.